The zero-order chi connectivity index (χ0) is 11.5. The lowest BCUT2D eigenvalue weighted by Gasteiger charge is -2.13. The summed E-state index contributed by atoms with van der Waals surface area (Å²) in [6.45, 7) is -4.33. The van der Waals surface area contributed by atoms with E-state index in [9.17, 15) is 19.6 Å². The summed E-state index contributed by atoms with van der Waals surface area (Å²) in [4.78, 5) is 28.6. The Morgan fingerprint density at radius 2 is 1.93 bits per heavy atom. The van der Waals surface area contributed by atoms with E-state index in [1.165, 1.54) is 24.3 Å². The second kappa shape index (κ2) is 4.76. The van der Waals surface area contributed by atoms with Gasteiger partial charge in [0.25, 0.3) is 5.69 Å². The second-order valence-corrected chi connectivity index (χ2v) is 6.31. The van der Waals surface area contributed by atoms with Gasteiger partial charge in [-0.15, -0.1) is 0 Å². The van der Waals surface area contributed by atoms with Crippen molar-refractivity contribution >= 4 is 23.9 Å². The smallest absolute Gasteiger partial charge is 0.269 e. The Morgan fingerprint density at radius 1 is 1.40 bits per heavy atom. The van der Waals surface area contributed by atoms with E-state index in [0.29, 0.717) is 16.9 Å². The lowest BCUT2D eigenvalue weighted by molar-refractivity contribution is -0.384. The van der Waals surface area contributed by atoms with Crippen LogP contribution in [0.15, 0.2) is 24.3 Å². The molecule has 0 saturated heterocycles. The fourth-order valence-electron chi connectivity index (χ4n) is 0.870. The Hall–Kier alpha value is -0.880. The summed E-state index contributed by atoms with van der Waals surface area (Å²) in [5, 5.41) is 10.3. The first-order valence-electron chi connectivity index (χ1n) is 3.80. The minimum Gasteiger partial charge on any atom is -0.770 e. The minimum absolute atomic E-state index is 0.0574. The van der Waals surface area contributed by atoms with Crippen LogP contribution in [-0.2, 0) is 10.3 Å². The number of non-ortho nitro benzene ring substituents is 1. The van der Waals surface area contributed by atoms with Crippen LogP contribution in [0.1, 0.15) is 5.56 Å². The zero-order valence-electron chi connectivity index (χ0n) is 7.40. The fraction of sp³-hybridized carbons (Fsp3) is 0.143. The molecule has 1 aromatic rings. The predicted octanol–water partition coefficient (Wildman–Crippen LogP) is 1.29. The number of benzene rings is 1. The first-order chi connectivity index (χ1) is 6.88. The van der Waals surface area contributed by atoms with Crippen molar-refractivity contribution in [3.05, 3.63) is 39.9 Å². The molecule has 6 nitrogen and oxygen atoms in total. The van der Waals surface area contributed by atoms with Crippen LogP contribution >= 0.6 is 18.2 Å². The average Bonchev–Trinajstić information content (AvgIpc) is 2.14. The highest BCUT2D eigenvalue weighted by Crippen LogP contribution is 2.47. The third-order valence-electron chi connectivity index (χ3n) is 1.54. The highest BCUT2D eigenvalue weighted by Gasteiger charge is 2.06. The van der Waals surface area contributed by atoms with Crippen molar-refractivity contribution in [1.82, 2.24) is 0 Å². The molecule has 1 N–H and O–H groups in total. The fourth-order valence-corrected chi connectivity index (χ4v) is 2.31. The van der Waals surface area contributed by atoms with Gasteiger partial charge in [-0.05, 0) is 5.56 Å². The summed E-state index contributed by atoms with van der Waals surface area (Å²) < 4.78 is 10.4. The number of hydrogen-bond donors (Lipinski definition) is 1. The Labute approximate surface area is 89.4 Å². The molecular formula is C7H7NO5PS-. The molecule has 1 unspecified atom stereocenters. The van der Waals surface area contributed by atoms with Crippen molar-refractivity contribution in [2.24, 2.45) is 0 Å². The lowest BCUT2D eigenvalue weighted by atomic mass is 10.2. The van der Waals surface area contributed by atoms with Crippen molar-refractivity contribution in [2.45, 2.75) is 5.75 Å². The van der Waals surface area contributed by atoms with Crippen LogP contribution in [0.5, 0.6) is 0 Å². The largest absolute Gasteiger partial charge is 0.770 e. The van der Waals surface area contributed by atoms with E-state index < -0.39 is 11.7 Å². The van der Waals surface area contributed by atoms with Crippen molar-refractivity contribution in [1.29, 1.82) is 0 Å². The molecule has 1 atom stereocenters. The van der Waals surface area contributed by atoms with E-state index >= 15 is 0 Å². The Balaban J connectivity index is 2.65. The van der Waals surface area contributed by atoms with Gasteiger partial charge in [-0.1, -0.05) is 23.5 Å². The molecule has 0 bridgehead atoms. The molecule has 0 aliphatic rings. The molecule has 1 rings (SSSR count). The van der Waals surface area contributed by atoms with Gasteiger partial charge in [-0.25, -0.2) is 0 Å². The monoisotopic (exact) mass is 248 g/mol. The van der Waals surface area contributed by atoms with Crippen molar-refractivity contribution in [3.8, 4) is 0 Å². The van der Waals surface area contributed by atoms with E-state index in [1.54, 1.807) is 0 Å². The van der Waals surface area contributed by atoms with Gasteiger partial charge in [0.05, 0.1) is 4.92 Å². The van der Waals surface area contributed by atoms with Gasteiger partial charge in [-0.3, -0.25) is 14.7 Å². The predicted molar refractivity (Wildman–Crippen MR) is 54.2 cm³/mol. The number of nitrogens with zero attached hydrogens (tertiary/aromatic N) is 1. The van der Waals surface area contributed by atoms with Crippen LogP contribution in [0.4, 0.5) is 5.69 Å². The summed E-state index contributed by atoms with van der Waals surface area (Å²) in [5.74, 6) is 0.0648. The van der Waals surface area contributed by atoms with Crippen LogP contribution in [0.25, 0.3) is 0 Å². The Bertz CT molecular complexity index is 400. The molecule has 0 aliphatic carbocycles. The summed E-state index contributed by atoms with van der Waals surface area (Å²) in [6, 6.07) is 5.45. The Morgan fingerprint density at radius 3 is 2.33 bits per heavy atom. The third-order valence-corrected chi connectivity index (χ3v) is 3.70. The number of nitro groups is 1. The summed E-state index contributed by atoms with van der Waals surface area (Å²) in [7, 11) is 0. The zero-order valence-corrected chi connectivity index (χ0v) is 9.11. The summed E-state index contributed by atoms with van der Waals surface area (Å²) >= 11 is 0.387. The third kappa shape index (κ3) is 4.44. The molecule has 0 saturated carbocycles. The Kier molecular flexibility index (Phi) is 3.87. The molecule has 0 fully saturated rings. The first-order valence-corrected chi connectivity index (χ1v) is 6.97. The number of hydrogen-bond acceptors (Lipinski definition) is 5. The molecule has 0 aromatic heterocycles. The average molecular weight is 248 g/mol. The summed E-state index contributed by atoms with van der Waals surface area (Å²) in [6.07, 6.45) is 0. The van der Waals surface area contributed by atoms with E-state index in [0.717, 1.165) is 0 Å². The van der Waals surface area contributed by atoms with Crippen molar-refractivity contribution in [3.63, 3.8) is 0 Å². The maximum atomic E-state index is 10.4. The highest BCUT2D eigenvalue weighted by atomic mass is 32.7. The van der Waals surface area contributed by atoms with Crippen LogP contribution < -0.4 is 4.89 Å². The summed E-state index contributed by atoms with van der Waals surface area (Å²) in [5.41, 5.74) is 0.536. The number of nitro benzene ring substituents is 1. The van der Waals surface area contributed by atoms with E-state index in [-0.39, 0.29) is 11.4 Å². The van der Waals surface area contributed by atoms with Crippen molar-refractivity contribution in [2.75, 3.05) is 0 Å². The number of rotatable bonds is 4. The van der Waals surface area contributed by atoms with Crippen LogP contribution in [0.3, 0.4) is 0 Å². The van der Waals surface area contributed by atoms with Gasteiger partial charge >= 0.3 is 0 Å². The molecule has 82 valence electrons. The maximum Gasteiger partial charge on any atom is 0.269 e. The molecule has 8 heteroatoms. The molecule has 0 aliphatic heterocycles. The van der Waals surface area contributed by atoms with Gasteiger partial charge in [0.1, 0.15) is 0 Å². The molecular weight excluding hydrogens is 241 g/mol. The quantitative estimate of drug-likeness (QED) is 0.489. The topological polar surface area (TPSA) is 104 Å². The lowest BCUT2D eigenvalue weighted by Crippen LogP contribution is -1.95. The first kappa shape index (κ1) is 12.2. The molecule has 0 spiro atoms. The van der Waals surface area contributed by atoms with Gasteiger partial charge < -0.3 is 9.79 Å². The molecule has 15 heavy (non-hydrogen) atoms. The molecule has 1 aromatic carbocycles. The minimum atomic E-state index is -4.33. The van der Waals surface area contributed by atoms with E-state index in [4.69, 9.17) is 4.89 Å². The van der Waals surface area contributed by atoms with Gasteiger partial charge in [0.15, 0.2) is 6.80 Å². The van der Waals surface area contributed by atoms with Crippen LogP contribution in [0.2, 0.25) is 0 Å². The SMILES string of the molecule is O=[N+]([O-])c1ccc(CSP(=O)([O-])O)cc1. The maximum absolute atomic E-state index is 10.4. The van der Waals surface area contributed by atoms with E-state index in [2.05, 4.69) is 0 Å². The van der Waals surface area contributed by atoms with Crippen LogP contribution in [0, 0.1) is 10.1 Å². The van der Waals surface area contributed by atoms with E-state index in [1.807, 2.05) is 0 Å². The van der Waals surface area contributed by atoms with Gasteiger partial charge in [0, 0.05) is 17.9 Å². The highest BCUT2D eigenvalue weighted by molar-refractivity contribution is 8.53. The second-order valence-electron chi connectivity index (χ2n) is 2.67. The standard InChI is InChI=1S/C7H8NO5PS/c9-8(10)7-3-1-6(2-4-7)5-15-14(11,12)13/h1-4H,5H2,(H2,11,12,13)/p-1. The van der Waals surface area contributed by atoms with Crippen molar-refractivity contribution < 1.29 is 19.3 Å². The molecule has 0 amide bonds. The van der Waals surface area contributed by atoms with Crippen LogP contribution in [-0.4, -0.2) is 9.82 Å². The molecule has 0 radical (unpaired) electrons. The van der Waals surface area contributed by atoms with Gasteiger partial charge in [-0.2, -0.15) is 0 Å². The van der Waals surface area contributed by atoms with Gasteiger partial charge in [0.2, 0.25) is 0 Å². The molecule has 0 heterocycles. The normalized spacial score (nSPS) is 14.5.